The molecule has 2 aliphatic rings. The number of ether oxygens (including phenoxy) is 1. The van der Waals surface area contributed by atoms with E-state index in [2.05, 4.69) is 23.6 Å². The Morgan fingerprint density at radius 2 is 2.08 bits per heavy atom. The molecule has 0 spiro atoms. The SMILES string of the molecule is COc1cccc2c1CCC2NC(=O)CC(C)C1CCNCC1.Cl. The van der Waals surface area contributed by atoms with Crippen molar-refractivity contribution in [2.45, 2.75) is 45.1 Å². The van der Waals surface area contributed by atoms with E-state index in [4.69, 9.17) is 4.74 Å². The van der Waals surface area contributed by atoms with Gasteiger partial charge in [-0.3, -0.25) is 4.79 Å². The monoisotopic (exact) mass is 352 g/mol. The Kier molecular flexibility index (Phi) is 6.93. The fourth-order valence-electron chi connectivity index (χ4n) is 4.09. The van der Waals surface area contributed by atoms with E-state index in [1.807, 2.05) is 12.1 Å². The number of amides is 1. The standard InChI is InChI=1S/C19H28N2O2.ClH/c1-13(14-8-10-20-11-9-14)12-19(22)21-17-7-6-16-15(17)4-3-5-18(16)23-2;/h3-5,13-14,17,20H,6-12H2,1-2H3,(H,21,22);1H. The summed E-state index contributed by atoms with van der Waals surface area (Å²) in [5.41, 5.74) is 2.49. The second kappa shape index (κ2) is 8.72. The number of carbonyl (C=O) groups is 1. The van der Waals surface area contributed by atoms with Crippen molar-refractivity contribution in [3.05, 3.63) is 29.3 Å². The van der Waals surface area contributed by atoms with Gasteiger partial charge < -0.3 is 15.4 Å². The molecule has 2 N–H and O–H groups in total. The largest absolute Gasteiger partial charge is 0.496 e. The third kappa shape index (κ3) is 4.22. The Bertz CT molecular complexity index is 558. The van der Waals surface area contributed by atoms with E-state index < -0.39 is 0 Å². The van der Waals surface area contributed by atoms with E-state index in [-0.39, 0.29) is 24.4 Å². The highest BCUT2D eigenvalue weighted by Crippen LogP contribution is 2.37. The number of halogens is 1. The molecule has 1 aromatic carbocycles. The average Bonchev–Trinajstić information content (AvgIpc) is 2.98. The summed E-state index contributed by atoms with van der Waals surface area (Å²) < 4.78 is 5.44. The summed E-state index contributed by atoms with van der Waals surface area (Å²) >= 11 is 0. The summed E-state index contributed by atoms with van der Waals surface area (Å²) in [6.45, 7) is 4.40. The van der Waals surface area contributed by atoms with Gasteiger partial charge in [0.25, 0.3) is 0 Å². The first kappa shape index (κ1) is 19.1. The number of nitrogens with one attached hydrogen (secondary N) is 2. The van der Waals surface area contributed by atoms with Gasteiger partial charge >= 0.3 is 0 Å². The molecule has 1 aliphatic carbocycles. The van der Waals surface area contributed by atoms with E-state index in [0.717, 1.165) is 31.7 Å². The second-order valence-electron chi connectivity index (χ2n) is 6.96. The van der Waals surface area contributed by atoms with Gasteiger partial charge in [-0.15, -0.1) is 12.4 Å². The molecule has 0 saturated carbocycles. The molecule has 0 radical (unpaired) electrons. The van der Waals surface area contributed by atoms with Crippen molar-refractivity contribution < 1.29 is 9.53 Å². The van der Waals surface area contributed by atoms with Gasteiger partial charge in [-0.1, -0.05) is 19.1 Å². The molecule has 24 heavy (non-hydrogen) atoms. The fourth-order valence-corrected chi connectivity index (χ4v) is 4.09. The molecule has 1 heterocycles. The third-order valence-corrected chi connectivity index (χ3v) is 5.48. The highest BCUT2D eigenvalue weighted by Gasteiger charge is 2.28. The van der Waals surface area contributed by atoms with Gasteiger partial charge in [0.2, 0.25) is 5.91 Å². The lowest BCUT2D eigenvalue weighted by molar-refractivity contribution is -0.123. The lowest BCUT2D eigenvalue weighted by Gasteiger charge is -2.28. The summed E-state index contributed by atoms with van der Waals surface area (Å²) in [7, 11) is 1.71. The molecule has 1 fully saturated rings. The highest BCUT2D eigenvalue weighted by atomic mass is 35.5. The van der Waals surface area contributed by atoms with Crippen molar-refractivity contribution >= 4 is 18.3 Å². The van der Waals surface area contributed by atoms with Crippen LogP contribution in [0.3, 0.4) is 0 Å². The van der Waals surface area contributed by atoms with Gasteiger partial charge in [-0.05, 0) is 67.8 Å². The molecule has 0 aromatic heterocycles. The molecule has 5 heteroatoms. The Morgan fingerprint density at radius 1 is 1.33 bits per heavy atom. The molecule has 1 aliphatic heterocycles. The number of fused-ring (bicyclic) bond motifs is 1. The van der Waals surface area contributed by atoms with Crippen molar-refractivity contribution in [2.75, 3.05) is 20.2 Å². The van der Waals surface area contributed by atoms with Crippen LogP contribution in [0.1, 0.15) is 49.8 Å². The molecule has 1 amide bonds. The van der Waals surface area contributed by atoms with E-state index in [0.29, 0.717) is 18.3 Å². The van der Waals surface area contributed by atoms with Crippen LogP contribution in [0, 0.1) is 11.8 Å². The molecule has 4 nitrogen and oxygen atoms in total. The Hall–Kier alpha value is -1.26. The van der Waals surface area contributed by atoms with Gasteiger partial charge in [0, 0.05) is 6.42 Å². The van der Waals surface area contributed by atoms with E-state index in [1.54, 1.807) is 7.11 Å². The summed E-state index contributed by atoms with van der Waals surface area (Å²) in [5.74, 6) is 2.28. The first-order valence-corrected chi connectivity index (χ1v) is 8.85. The number of piperidine rings is 1. The van der Waals surface area contributed by atoms with Crippen LogP contribution in [0.4, 0.5) is 0 Å². The van der Waals surface area contributed by atoms with E-state index >= 15 is 0 Å². The second-order valence-corrected chi connectivity index (χ2v) is 6.96. The van der Waals surface area contributed by atoms with Crippen LogP contribution in [0.2, 0.25) is 0 Å². The Labute approximate surface area is 151 Å². The lowest BCUT2D eigenvalue weighted by atomic mass is 9.84. The Balaban J connectivity index is 0.00000208. The maximum absolute atomic E-state index is 12.5. The van der Waals surface area contributed by atoms with Gasteiger partial charge in [0.15, 0.2) is 0 Å². The smallest absolute Gasteiger partial charge is 0.220 e. The fraction of sp³-hybridized carbons (Fsp3) is 0.632. The number of carbonyl (C=O) groups excluding carboxylic acids is 1. The molecule has 134 valence electrons. The maximum atomic E-state index is 12.5. The summed E-state index contributed by atoms with van der Waals surface area (Å²) in [5, 5.41) is 6.64. The zero-order valence-corrected chi connectivity index (χ0v) is 15.5. The highest BCUT2D eigenvalue weighted by molar-refractivity contribution is 5.85. The van der Waals surface area contributed by atoms with Crippen LogP contribution in [-0.2, 0) is 11.2 Å². The number of hydrogen-bond donors (Lipinski definition) is 2. The van der Waals surface area contributed by atoms with Crippen LogP contribution in [0.5, 0.6) is 5.75 Å². The van der Waals surface area contributed by atoms with Gasteiger partial charge in [0.05, 0.1) is 13.2 Å². The molecule has 2 atom stereocenters. The van der Waals surface area contributed by atoms with E-state index in [1.165, 1.54) is 24.0 Å². The third-order valence-electron chi connectivity index (χ3n) is 5.48. The minimum atomic E-state index is 0. The van der Waals surface area contributed by atoms with Crippen molar-refractivity contribution in [1.82, 2.24) is 10.6 Å². The molecule has 1 saturated heterocycles. The first-order chi connectivity index (χ1) is 11.2. The molecular weight excluding hydrogens is 324 g/mol. The van der Waals surface area contributed by atoms with Crippen LogP contribution >= 0.6 is 12.4 Å². The maximum Gasteiger partial charge on any atom is 0.220 e. The zero-order chi connectivity index (χ0) is 16.2. The van der Waals surface area contributed by atoms with Crippen LogP contribution in [-0.4, -0.2) is 26.1 Å². The zero-order valence-electron chi connectivity index (χ0n) is 14.6. The predicted molar refractivity (Wildman–Crippen MR) is 98.8 cm³/mol. The normalized spacial score (nSPS) is 21.5. The van der Waals surface area contributed by atoms with Crippen molar-refractivity contribution in [3.8, 4) is 5.75 Å². The predicted octanol–water partition coefficient (Wildman–Crippen LogP) is 3.25. The number of benzene rings is 1. The van der Waals surface area contributed by atoms with Gasteiger partial charge in [0.1, 0.15) is 5.75 Å². The topological polar surface area (TPSA) is 50.4 Å². The van der Waals surface area contributed by atoms with Gasteiger partial charge in [-0.2, -0.15) is 0 Å². The summed E-state index contributed by atoms with van der Waals surface area (Å²) in [6, 6.07) is 6.28. The number of methoxy groups -OCH3 is 1. The van der Waals surface area contributed by atoms with Crippen molar-refractivity contribution in [2.24, 2.45) is 11.8 Å². The summed E-state index contributed by atoms with van der Waals surface area (Å²) in [4.78, 5) is 12.5. The number of rotatable bonds is 5. The van der Waals surface area contributed by atoms with Crippen LogP contribution in [0.15, 0.2) is 18.2 Å². The minimum Gasteiger partial charge on any atom is -0.496 e. The summed E-state index contributed by atoms with van der Waals surface area (Å²) in [6.07, 6.45) is 4.98. The van der Waals surface area contributed by atoms with Gasteiger partial charge in [-0.25, -0.2) is 0 Å². The van der Waals surface area contributed by atoms with E-state index in [9.17, 15) is 4.79 Å². The molecule has 1 aromatic rings. The minimum absolute atomic E-state index is 0. The lowest BCUT2D eigenvalue weighted by Crippen LogP contribution is -2.34. The molecular formula is C19H29ClN2O2. The molecule has 3 rings (SSSR count). The molecule has 2 unspecified atom stereocenters. The Morgan fingerprint density at radius 3 is 2.79 bits per heavy atom. The van der Waals surface area contributed by atoms with Crippen LogP contribution in [0.25, 0.3) is 0 Å². The van der Waals surface area contributed by atoms with Crippen LogP contribution < -0.4 is 15.4 Å². The first-order valence-electron chi connectivity index (χ1n) is 8.85. The number of hydrogen-bond acceptors (Lipinski definition) is 3. The average molecular weight is 353 g/mol. The van der Waals surface area contributed by atoms with Crippen molar-refractivity contribution in [3.63, 3.8) is 0 Å². The quantitative estimate of drug-likeness (QED) is 0.855. The molecule has 0 bridgehead atoms. The van der Waals surface area contributed by atoms with Crippen molar-refractivity contribution in [1.29, 1.82) is 0 Å².